The van der Waals surface area contributed by atoms with Crippen molar-refractivity contribution in [2.45, 2.75) is 13.0 Å². The van der Waals surface area contributed by atoms with Gasteiger partial charge in [0, 0.05) is 23.5 Å². The Hall–Kier alpha value is -1.85. The summed E-state index contributed by atoms with van der Waals surface area (Å²) in [7, 11) is 1.82. The van der Waals surface area contributed by atoms with Crippen molar-refractivity contribution < 1.29 is 0 Å². The summed E-state index contributed by atoms with van der Waals surface area (Å²) in [6.07, 6.45) is 2.98. The molecule has 0 amide bonds. The van der Waals surface area contributed by atoms with Crippen LogP contribution in [0, 0.1) is 0 Å². The fraction of sp³-hybridized carbons (Fsp3) is 0.231. The van der Waals surface area contributed by atoms with Crippen molar-refractivity contribution in [2.24, 2.45) is 0 Å². The van der Waals surface area contributed by atoms with Crippen LogP contribution in [0.15, 0.2) is 36.3 Å². The SMILES string of the molecule is C=CC(=C)n1c(C(C)NC)cc2ncc(Cl)n2c1=O. The molecule has 1 atom stereocenters. The number of aromatic nitrogens is 3. The first-order valence-corrected chi connectivity index (χ1v) is 6.17. The fourth-order valence-corrected chi connectivity index (χ4v) is 2.10. The van der Waals surface area contributed by atoms with Gasteiger partial charge in [0.15, 0.2) is 0 Å². The summed E-state index contributed by atoms with van der Waals surface area (Å²) in [5, 5.41) is 3.37. The Morgan fingerprint density at radius 3 is 2.89 bits per heavy atom. The number of allylic oxidation sites excluding steroid dienone is 2. The standard InChI is InChI=1S/C13H15ClN4O/c1-5-8(2)17-10(9(3)15-4)6-12-16-7-11(14)18(12)13(17)19/h5-7,9,15H,1-2H2,3-4H3. The number of hydrogen-bond donors (Lipinski definition) is 1. The minimum atomic E-state index is -0.304. The molecule has 0 radical (unpaired) electrons. The van der Waals surface area contributed by atoms with Crippen LogP contribution in [0.3, 0.4) is 0 Å². The molecule has 0 aliphatic rings. The summed E-state index contributed by atoms with van der Waals surface area (Å²) in [6, 6.07) is 1.77. The lowest BCUT2D eigenvalue weighted by molar-refractivity contribution is 0.607. The predicted octanol–water partition coefficient (Wildman–Crippen LogP) is 2.09. The second-order valence-electron chi connectivity index (χ2n) is 4.17. The van der Waals surface area contributed by atoms with Crippen LogP contribution in [0.2, 0.25) is 5.15 Å². The van der Waals surface area contributed by atoms with Crippen molar-refractivity contribution in [2.75, 3.05) is 7.05 Å². The van der Waals surface area contributed by atoms with Crippen molar-refractivity contribution in [3.63, 3.8) is 0 Å². The largest absolute Gasteiger partial charge is 0.339 e. The third-order valence-electron chi connectivity index (χ3n) is 3.06. The average Bonchev–Trinajstić information content (AvgIpc) is 2.78. The number of hydrogen-bond acceptors (Lipinski definition) is 3. The highest BCUT2D eigenvalue weighted by atomic mass is 35.5. The number of imidazole rings is 1. The normalized spacial score (nSPS) is 12.6. The minimum Gasteiger partial charge on any atom is -0.312 e. The zero-order valence-corrected chi connectivity index (χ0v) is 11.6. The molecular weight excluding hydrogens is 264 g/mol. The quantitative estimate of drug-likeness (QED) is 0.871. The van der Waals surface area contributed by atoms with Gasteiger partial charge in [-0.25, -0.2) is 14.2 Å². The Morgan fingerprint density at radius 2 is 2.32 bits per heavy atom. The van der Waals surface area contributed by atoms with Crippen molar-refractivity contribution in [1.82, 2.24) is 19.3 Å². The highest BCUT2D eigenvalue weighted by molar-refractivity contribution is 6.29. The van der Waals surface area contributed by atoms with Crippen LogP contribution in [0.5, 0.6) is 0 Å². The van der Waals surface area contributed by atoms with Gasteiger partial charge >= 0.3 is 5.69 Å². The van der Waals surface area contributed by atoms with E-state index in [1.807, 2.05) is 20.0 Å². The van der Waals surface area contributed by atoms with Gasteiger partial charge in [-0.2, -0.15) is 0 Å². The Kier molecular flexibility index (Phi) is 3.59. The topological polar surface area (TPSA) is 51.3 Å². The molecule has 0 bridgehead atoms. The van der Waals surface area contributed by atoms with E-state index >= 15 is 0 Å². The van der Waals surface area contributed by atoms with Gasteiger partial charge in [-0.05, 0) is 20.0 Å². The zero-order chi connectivity index (χ0) is 14.2. The molecule has 1 unspecified atom stereocenters. The lowest BCUT2D eigenvalue weighted by Gasteiger charge is -2.18. The van der Waals surface area contributed by atoms with Gasteiger partial charge in [-0.1, -0.05) is 24.8 Å². The van der Waals surface area contributed by atoms with Gasteiger partial charge in [0.05, 0.1) is 6.20 Å². The Labute approximate surface area is 115 Å². The van der Waals surface area contributed by atoms with Gasteiger partial charge in [-0.3, -0.25) is 4.57 Å². The maximum atomic E-state index is 12.5. The van der Waals surface area contributed by atoms with E-state index in [1.54, 1.807) is 0 Å². The second-order valence-corrected chi connectivity index (χ2v) is 4.55. The highest BCUT2D eigenvalue weighted by Crippen LogP contribution is 2.18. The van der Waals surface area contributed by atoms with E-state index < -0.39 is 0 Å². The molecule has 19 heavy (non-hydrogen) atoms. The lowest BCUT2D eigenvalue weighted by Crippen LogP contribution is -2.31. The van der Waals surface area contributed by atoms with E-state index in [-0.39, 0.29) is 16.9 Å². The van der Waals surface area contributed by atoms with E-state index in [4.69, 9.17) is 11.6 Å². The molecule has 0 aromatic carbocycles. The first-order chi connectivity index (χ1) is 9.01. The van der Waals surface area contributed by atoms with Crippen molar-refractivity contribution in [3.8, 4) is 0 Å². The Bertz CT molecular complexity index is 713. The smallest absolute Gasteiger partial charge is 0.312 e. The summed E-state index contributed by atoms with van der Waals surface area (Å²) >= 11 is 5.98. The molecule has 5 nitrogen and oxygen atoms in total. The van der Waals surface area contributed by atoms with Crippen LogP contribution >= 0.6 is 11.6 Å². The molecule has 0 saturated heterocycles. The molecule has 0 aliphatic carbocycles. The molecule has 2 aromatic rings. The van der Waals surface area contributed by atoms with Crippen LogP contribution in [-0.4, -0.2) is 21.0 Å². The Balaban J connectivity index is 2.90. The van der Waals surface area contributed by atoms with Gasteiger partial charge in [-0.15, -0.1) is 0 Å². The molecule has 100 valence electrons. The zero-order valence-electron chi connectivity index (χ0n) is 10.9. The third-order valence-corrected chi connectivity index (χ3v) is 3.33. The number of fused-ring (bicyclic) bond motifs is 1. The predicted molar refractivity (Wildman–Crippen MR) is 77.5 cm³/mol. The first-order valence-electron chi connectivity index (χ1n) is 5.79. The molecular formula is C13H15ClN4O. The minimum absolute atomic E-state index is 0.0372. The lowest BCUT2D eigenvalue weighted by atomic mass is 10.2. The summed E-state index contributed by atoms with van der Waals surface area (Å²) in [4.78, 5) is 16.6. The Morgan fingerprint density at radius 1 is 1.63 bits per heavy atom. The first kappa shape index (κ1) is 13.6. The molecule has 2 heterocycles. The molecule has 0 aliphatic heterocycles. The van der Waals surface area contributed by atoms with Gasteiger partial charge in [0.2, 0.25) is 0 Å². The molecule has 0 saturated carbocycles. The van der Waals surface area contributed by atoms with Crippen molar-refractivity contribution >= 4 is 22.9 Å². The highest BCUT2D eigenvalue weighted by Gasteiger charge is 2.16. The summed E-state index contributed by atoms with van der Waals surface area (Å²) in [5.41, 5.74) is 1.46. The van der Waals surface area contributed by atoms with Crippen LogP contribution in [0.1, 0.15) is 18.7 Å². The van der Waals surface area contributed by atoms with Crippen LogP contribution in [0.25, 0.3) is 11.3 Å². The fourth-order valence-electron chi connectivity index (χ4n) is 1.89. The van der Waals surface area contributed by atoms with E-state index in [0.29, 0.717) is 11.3 Å². The number of nitrogens with one attached hydrogen (secondary N) is 1. The van der Waals surface area contributed by atoms with E-state index in [1.165, 1.54) is 21.2 Å². The number of nitrogens with zero attached hydrogens (tertiary/aromatic N) is 3. The van der Waals surface area contributed by atoms with E-state index in [0.717, 1.165) is 5.69 Å². The van der Waals surface area contributed by atoms with Crippen LogP contribution in [0.4, 0.5) is 0 Å². The average molecular weight is 279 g/mol. The van der Waals surface area contributed by atoms with Crippen LogP contribution in [-0.2, 0) is 0 Å². The maximum absolute atomic E-state index is 12.5. The van der Waals surface area contributed by atoms with Gasteiger partial charge in [0.1, 0.15) is 10.8 Å². The number of rotatable bonds is 4. The molecule has 2 rings (SSSR count). The molecule has 1 N–H and O–H groups in total. The van der Waals surface area contributed by atoms with E-state index in [2.05, 4.69) is 23.5 Å². The molecule has 0 fully saturated rings. The molecule has 6 heteroatoms. The van der Waals surface area contributed by atoms with Gasteiger partial charge < -0.3 is 5.32 Å². The maximum Gasteiger partial charge on any atom is 0.339 e. The van der Waals surface area contributed by atoms with Gasteiger partial charge in [0.25, 0.3) is 0 Å². The third kappa shape index (κ3) is 2.11. The van der Waals surface area contributed by atoms with E-state index in [9.17, 15) is 4.79 Å². The van der Waals surface area contributed by atoms with Crippen LogP contribution < -0.4 is 11.0 Å². The molecule has 2 aromatic heterocycles. The summed E-state index contributed by atoms with van der Waals surface area (Å²) in [5.74, 6) is 0. The monoisotopic (exact) mass is 278 g/mol. The summed E-state index contributed by atoms with van der Waals surface area (Å²) < 4.78 is 2.82. The number of halogens is 1. The second kappa shape index (κ2) is 5.03. The summed E-state index contributed by atoms with van der Waals surface area (Å²) in [6.45, 7) is 9.45. The molecule has 0 spiro atoms. The van der Waals surface area contributed by atoms with Crippen molar-refractivity contribution in [1.29, 1.82) is 0 Å². The van der Waals surface area contributed by atoms with Crippen molar-refractivity contribution in [3.05, 3.63) is 52.8 Å².